The van der Waals surface area contributed by atoms with Crippen molar-refractivity contribution in [2.24, 2.45) is 0 Å². The monoisotopic (exact) mass is 228 g/mol. The number of carbonyl (C=O) groups is 2. The molecule has 1 aliphatic carbocycles. The Kier molecular flexibility index (Phi) is 3.24. The maximum Gasteiger partial charge on any atom is 0.384 e. The largest absolute Gasteiger partial charge is 0.456 e. The highest BCUT2D eigenvalue weighted by Gasteiger charge is 2.18. The van der Waals surface area contributed by atoms with Gasteiger partial charge in [0.1, 0.15) is 0 Å². The fourth-order valence-electron chi connectivity index (χ4n) is 1.82. The van der Waals surface area contributed by atoms with Gasteiger partial charge in [-0.3, -0.25) is 4.79 Å². The Morgan fingerprint density at radius 2 is 2.24 bits per heavy atom. The van der Waals surface area contributed by atoms with Crippen LogP contribution in [0.5, 0.6) is 0 Å². The summed E-state index contributed by atoms with van der Waals surface area (Å²) in [5.41, 5.74) is 2.55. The number of hydrogen-bond acceptors (Lipinski definition) is 3. The molecule has 0 heterocycles. The molecule has 0 spiro atoms. The lowest BCUT2D eigenvalue weighted by Crippen LogP contribution is -1.99. The molecule has 0 unspecified atom stereocenters. The van der Waals surface area contributed by atoms with Gasteiger partial charge in [-0.05, 0) is 37.1 Å². The topological polar surface area (TPSA) is 43.4 Å². The number of rotatable bonds is 1. The maximum absolute atomic E-state index is 11.4. The highest BCUT2D eigenvalue weighted by Crippen LogP contribution is 2.22. The third-order valence-corrected chi connectivity index (χ3v) is 2.61. The Balaban J connectivity index is 2.19. The molecule has 0 amide bonds. The predicted molar refractivity (Wildman–Crippen MR) is 62.6 cm³/mol. The van der Waals surface area contributed by atoms with E-state index < -0.39 is 5.97 Å². The number of ether oxygens (including phenoxy) is 1. The number of Topliss-reactive ketones (excluding diaryl/α,β-unsaturated/α-hetero) is 1. The zero-order valence-corrected chi connectivity index (χ0v) is 9.58. The maximum atomic E-state index is 11.4. The molecule has 1 aromatic rings. The van der Waals surface area contributed by atoms with Crippen LogP contribution >= 0.6 is 0 Å². The molecular weight excluding hydrogens is 216 g/mol. The molecule has 0 N–H and O–H groups in total. The third kappa shape index (κ3) is 2.54. The zero-order valence-electron chi connectivity index (χ0n) is 9.58. The Bertz CT molecular complexity index is 532. The van der Waals surface area contributed by atoms with Crippen molar-refractivity contribution in [2.75, 3.05) is 6.61 Å². The molecule has 3 nitrogen and oxygen atoms in total. The van der Waals surface area contributed by atoms with Gasteiger partial charge in [-0.15, -0.1) is 0 Å². The van der Waals surface area contributed by atoms with Crippen molar-refractivity contribution in [3.05, 3.63) is 34.9 Å². The quantitative estimate of drug-likeness (QED) is 0.543. The van der Waals surface area contributed by atoms with Crippen molar-refractivity contribution in [1.29, 1.82) is 0 Å². The van der Waals surface area contributed by atoms with Crippen molar-refractivity contribution in [3.8, 4) is 11.8 Å². The van der Waals surface area contributed by atoms with E-state index in [4.69, 9.17) is 4.74 Å². The molecule has 2 rings (SSSR count). The van der Waals surface area contributed by atoms with Gasteiger partial charge in [0.2, 0.25) is 0 Å². The first-order valence-corrected chi connectivity index (χ1v) is 5.55. The summed E-state index contributed by atoms with van der Waals surface area (Å²) in [6, 6.07) is 5.40. The molecule has 0 bridgehead atoms. The summed E-state index contributed by atoms with van der Waals surface area (Å²) in [5.74, 6) is 4.81. The van der Waals surface area contributed by atoms with Crippen LogP contribution < -0.4 is 0 Å². The van der Waals surface area contributed by atoms with Crippen molar-refractivity contribution >= 4 is 11.8 Å². The molecule has 0 atom stereocenters. The van der Waals surface area contributed by atoms with E-state index in [1.54, 1.807) is 19.1 Å². The van der Waals surface area contributed by atoms with E-state index in [1.807, 2.05) is 6.07 Å². The number of fused-ring (bicyclic) bond motifs is 1. The SMILES string of the molecule is CCOC(=O)C#Cc1ccc2c(c1)CCC2=O. The first-order chi connectivity index (χ1) is 8.20. The summed E-state index contributed by atoms with van der Waals surface area (Å²) in [5, 5.41) is 0. The Hall–Kier alpha value is -2.08. The summed E-state index contributed by atoms with van der Waals surface area (Å²) < 4.78 is 4.71. The van der Waals surface area contributed by atoms with Gasteiger partial charge in [-0.1, -0.05) is 5.92 Å². The Morgan fingerprint density at radius 1 is 1.41 bits per heavy atom. The molecule has 17 heavy (non-hydrogen) atoms. The van der Waals surface area contributed by atoms with Crippen LogP contribution in [-0.4, -0.2) is 18.4 Å². The number of benzene rings is 1. The van der Waals surface area contributed by atoms with Gasteiger partial charge < -0.3 is 4.74 Å². The van der Waals surface area contributed by atoms with Crippen LogP contribution in [0.4, 0.5) is 0 Å². The summed E-state index contributed by atoms with van der Waals surface area (Å²) in [7, 11) is 0. The average molecular weight is 228 g/mol. The highest BCUT2D eigenvalue weighted by atomic mass is 16.5. The Labute approximate surface area is 99.8 Å². The minimum absolute atomic E-state index is 0.185. The van der Waals surface area contributed by atoms with Crippen LogP contribution in [0.15, 0.2) is 18.2 Å². The Morgan fingerprint density at radius 3 is 3.00 bits per heavy atom. The van der Waals surface area contributed by atoms with Gasteiger partial charge in [0, 0.05) is 23.5 Å². The molecule has 0 aliphatic heterocycles. The van der Waals surface area contributed by atoms with Gasteiger partial charge in [-0.2, -0.15) is 0 Å². The van der Waals surface area contributed by atoms with Crippen molar-refractivity contribution in [3.63, 3.8) is 0 Å². The van der Waals surface area contributed by atoms with Crippen molar-refractivity contribution in [1.82, 2.24) is 0 Å². The second-order valence-corrected chi connectivity index (χ2v) is 3.77. The fraction of sp³-hybridized carbons (Fsp3) is 0.286. The van der Waals surface area contributed by atoms with E-state index in [9.17, 15) is 9.59 Å². The fourth-order valence-corrected chi connectivity index (χ4v) is 1.82. The molecule has 1 aromatic carbocycles. The summed E-state index contributed by atoms with van der Waals surface area (Å²) >= 11 is 0. The zero-order chi connectivity index (χ0) is 12.3. The number of aryl methyl sites for hydroxylation is 1. The van der Waals surface area contributed by atoms with Gasteiger partial charge in [0.15, 0.2) is 5.78 Å². The summed E-state index contributed by atoms with van der Waals surface area (Å²) in [6.45, 7) is 2.06. The minimum Gasteiger partial charge on any atom is -0.456 e. The molecule has 0 saturated carbocycles. The van der Waals surface area contributed by atoms with E-state index in [0.717, 1.165) is 23.1 Å². The van der Waals surface area contributed by atoms with E-state index in [-0.39, 0.29) is 5.78 Å². The number of carbonyl (C=O) groups excluding carboxylic acids is 2. The average Bonchev–Trinajstić information content (AvgIpc) is 2.69. The van der Waals surface area contributed by atoms with E-state index in [2.05, 4.69) is 11.8 Å². The van der Waals surface area contributed by atoms with Crippen LogP contribution in [-0.2, 0) is 16.0 Å². The first-order valence-electron chi connectivity index (χ1n) is 5.55. The van der Waals surface area contributed by atoms with E-state index in [0.29, 0.717) is 13.0 Å². The second-order valence-electron chi connectivity index (χ2n) is 3.77. The van der Waals surface area contributed by atoms with Crippen molar-refractivity contribution in [2.45, 2.75) is 19.8 Å². The van der Waals surface area contributed by atoms with Crippen LogP contribution in [0, 0.1) is 11.8 Å². The molecule has 86 valence electrons. The van der Waals surface area contributed by atoms with Gasteiger partial charge in [0.05, 0.1) is 6.61 Å². The van der Waals surface area contributed by atoms with Crippen LogP contribution in [0.25, 0.3) is 0 Å². The number of esters is 1. The van der Waals surface area contributed by atoms with Crippen LogP contribution in [0.3, 0.4) is 0 Å². The lowest BCUT2D eigenvalue weighted by atomic mass is 10.1. The van der Waals surface area contributed by atoms with E-state index >= 15 is 0 Å². The molecule has 0 saturated heterocycles. The minimum atomic E-state index is -0.524. The van der Waals surface area contributed by atoms with Gasteiger partial charge in [0.25, 0.3) is 0 Å². The highest BCUT2D eigenvalue weighted by molar-refractivity contribution is 6.00. The molecular formula is C14H12O3. The van der Waals surface area contributed by atoms with E-state index in [1.165, 1.54) is 0 Å². The third-order valence-electron chi connectivity index (χ3n) is 2.61. The molecule has 3 heteroatoms. The first kappa shape index (κ1) is 11.4. The molecule has 1 aliphatic rings. The second kappa shape index (κ2) is 4.84. The van der Waals surface area contributed by atoms with Crippen molar-refractivity contribution < 1.29 is 14.3 Å². The lowest BCUT2D eigenvalue weighted by Gasteiger charge is -1.97. The van der Waals surface area contributed by atoms with Gasteiger partial charge in [-0.25, -0.2) is 4.79 Å². The summed E-state index contributed by atoms with van der Waals surface area (Å²) in [6.07, 6.45) is 1.34. The van der Waals surface area contributed by atoms with Crippen LogP contribution in [0.1, 0.15) is 34.8 Å². The smallest absolute Gasteiger partial charge is 0.384 e. The molecule has 0 fully saturated rings. The molecule has 0 aromatic heterocycles. The van der Waals surface area contributed by atoms with Gasteiger partial charge >= 0.3 is 5.97 Å². The number of ketones is 1. The van der Waals surface area contributed by atoms with Crippen LogP contribution in [0.2, 0.25) is 0 Å². The summed E-state index contributed by atoms with van der Waals surface area (Å²) in [4.78, 5) is 22.5. The normalized spacial score (nSPS) is 12.6. The number of hydrogen-bond donors (Lipinski definition) is 0. The predicted octanol–water partition coefficient (Wildman–Crippen LogP) is 1.73. The molecule has 0 radical (unpaired) electrons. The lowest BCUT2D eigenvalue weighted by molar-refractivity contribution is -0.136. The standard InChI is InChI=1S/C14H12O3/c1-2-17-14(16)8-4-10-3-6-12-11(9-10)5-7-13(12)15/h3,6,9H,2,5,7H2,1H3.